The molecule has 206 valence electrons. The van der Waals surface area contributed by atoms with Gasteiger partial charge in [0.05, 0.1) is 11.9 Å². The molecule has 39 heavy (non-hydrogen) atoms. The Morgan fingerprint density at radius 3 is 2.90 bits per heavy atom. The van der Waals surface area contributed by atoms with Gasteiger partial charge in [-0.3, -0.25) is 4.79 Å². The van der Waals surface area contributed by atoms with Crippen molar-refractivity contribution >= 4 is 11.7 Å². The topological polar surface area (TPSA) is 116 Å². The molecule has 0 spiro atoms. The summed E-state index contributed by atoms with van der Waals surface area (Å²) in [5.74, 6) is 0.378. The van der Waals surface area contributed by atoms with Gasteiger partial charge in [-0.1, -0.05) is 12.2 Å². The number of aliphatic hydroxyl groups is 2. The highest BCUT2D eigenvalue weighted by Gasteiger charge is 2.27. The highest BCUT2D eigenvalue weighted by atomic mass is 19.1. The highest BCUT2D eigenvalue weighted by molar-refractivity contribution is 5.94. The molecule has 8 nitrogen and oxygen atoms in total. The maximum atomic E-state index is 14.9. The Kier molecular flexibility index (Phi) is 8.28. The predicted octanol–water partition coefficient (Wildman–Crippen LogP) is 4.09. The number of hydrogen-bond donors (Lipinski definition) is 5. The summed E-state index contributed by atoms with van der Waals surface area (Å²) < 4.78 is 20.7. The summed E-state index contributed by atoms with van der Waals surface area (Å²) in [6.07, 6.45) is 10.4. The molecule has 9 heteroatoms. The van der Waals surface area contributed by atoms with Gasteiger partial charge < -0.3 is 30.9 Å². The Labute approximate surface area is 227 Å². The van der Waals surface area contributed by atoms with Crippen molar-refractivity contribution in [3.8, 4) is 5.75 Å². The number of rotatable bonds is 9. The number of benzene rings is 1. The number of ether oxygens (including phenoxy) is 1. The van der Waals surface area contributed by atoms with Gasteiger partial charge >= 0.3 is 0 Å². The van der Waals surface area contributed by atoms with Crippen LogP contribution in [0.1, 0.15) is 54.1 Å². The van der Waals surface area contributed by atoms with E-state index in [0.29, 0.717) is 36.8 Å². The van der Waals surface area contributed by atoms with E-state index in [1.165, 1.54) is 12.5 Å². The first-order chi connectivity index (χ1) is 18.9. The molecular formula is C30H35FN4O4. The molecule has 1 aromatic carbocycles. The van der Waals surface area contributed by atoms with E-state index in [1.807, 2.05) is 19.1 Å². The number of aromatic nitrogens is 1. The zero-order chi connectivity index (χ0) is 27.4. The van der Waals surface area contributed by atoms with Crippen LogP contribution in [0.25, 0.3) is 0 Å². The number of anilines is 1. The van der Waals surface area contributed by atoms with Gasteiger partial charge in [0.15, 0.2) is 11.6 Å². The van der Waals surface area contributed by atoms with Crippen LogP contribution >= 0.6 is 0 Å². The molecule has 0 bridgehead atoms. The number of fused-ring (bicyclic) bond motifs is 1. The van der Waals surface area contributed by atoms with Gasteiger partial charge in [0, 0.05) is 43.4 Å². The second-order valence-electron chi connectivity index (χ2n) is 10.5. The Balaban J connectivity index is 1.14. The van der Waals surface area contributed by atoms with Crippen LogP contribution in [0.3, 0.4) is 0 Å². The quantitative estimate of drug-likeness (QED) is 0.329. The fourth-order valence-corrected chi connectivity index (χ4v) is 4.89. The van der Waals surface area contributed by atoms with Crippen molar-refractivity contribution in [2.75, 3.05) is 18.5 Å². The minimum absolute atomic E-state index is 0.0651. The molecule has 2 aromatic rings. The summed E-state index contributed by atoms with van der Waals surface area (Å²) in [4.78, 5) is 17.0. The highest BCUT2D eigenvalue weighted by Crippen LogP contribution is 2.28. The zero-order valence-corrected chi connectivity index (χ0v) is 22.0. The molecule has 1 aromatic heterocycles. The molecule has 1 fully saturated rings. The Morgan fingerprint density at radius 1 is 1.26 bits per heavy atom. The summed E-state index contributed by atoms with van der Waals surface area (Å²) in [6.45, 7) is 2.63. The number of halogens is 1. The van der Waals surface area contributed by atoms with Crippen molar-refractivity contribution < 1.29 is 24.1 Å². The fourth-order valence-electron chi connectivity index (χ4n) is 4.89. The van der Waals surface area contributed by atoms with Crippen molar-refractivity contribution in [1.29, 1.82) is 0 Å². The normalized spacial score (nSPS) is 19.9. The molecular weight excluding hydrogens is 499 g/mol. The third-order valence-electron chi connectivity index (χ3n) is 7.64. The summed E-state index contributed by atoms with van der Waals surface area (Å²) in [6, 6.07) is 6.62. The number of nitrogens with zero attached hydrogens (tertiary/aromatic N) is 1. The van der Waals surface area contributed by atoms with Crippen LogP contribution in [0.5, 0.6) is 5.75 Å². The average molecular weight is 535 g/mol. The molecule has 0 radical (unpaired) electrons. The third-order valence-corrected chi connectivity index (χ3v) is 7.64. The molecule has 1 amide bonds. The molecule has 5 N–H and O–H groups in total. The number of allylic oxidation sites excluding steroid dienone is 3. The van der Waals surface area contributed by atoms with Crippen LogP contribution in [0, 0.1) is 5.82 Å². The first-order valence-electron chi connectivity index (χ1n) is 13.5. The van der Waals surface area contributed by atoms with Gasteiger partial charge in [0.1, 0.15) is 12.4 Å². The summed E-state index contributed by atoms with van der Waals surface area (Å²) in [5, 5.41) is 29.9. The minimum Gasteiger partial charge on any atom is -0.512 e. The van der Waals surface area contributed by atoms with Crippen LogP contribution in [0.2, 0.25) is 0 Å². The van der Waals surface area contributed by atoms with Crippen LogP contribution in [-0.2, 0) is 13.0 Å². The van der Waals surface area contributed by atoms with Crippen molar-refractivity contribution in [1.82, 2.24) is 15.6 Å². The van der Waals surface area contributed by atoms with Crippen LogP contribution in [0.15, 0.2) is 65.6 Å². The van der Waals surface area contributed by atoms with E-state index in [0.717, 1.165) is 35.1 Å². The van der Waals surface area contributed by atoms with Crippen molar-refractivity contribution in [3.63, 3.8) is 0 Å². The lowest BCUT2D eigenvalue weighted by Crippen LogP contribution is -2.49. The number of amides is 1. The standard InChI is InChI=1S/C30H35FN4O4/c1-18-5-7-24(36)8-6-20(18)17-39-28-13-22-15-33-26(12-21(22)11-25(28)31)27(37)16-34-30(38)19-9-10-32-29(14-19)35-23-3-2-4-23/h5-7,9-11,13-14,23,26-27,33,36-37H,2-4,8,12,15-17H2,1H3,(H,32,35)(H,34,38)/t26-,27+/m0/s1. The van der Waals surface area contributed by atoms with Gasteiger partial charge in [0.2, 0.25) is 0 Å². The van der Waals surface area contributed by atoms with Crippen molar-refractivity contribution in [2.24, 2.45) is 0 Å². The molecule has 3 aliphatic rings. The van der Waals surface area contributed by atoms with Gasteiger partial charge in [0.25, 0.3) is 5.91 Å². The van der Waals surface area contributed by atoms with E-state index in [2.05, 4.69) is 20.9 Å². The molecule has 2 heterocycles. The van der Waals surface area contributed by atoms with E-state index in [4.69, 9.17) is 4.74 Å². The zero-order valence-electron chi connectivity index (χ0n) is 22.0. The van der Waals surface area contributed by atoms with Gasteiger partial charge in [-0.2, -0.15) is 0 Å². The molecule has 0 saturated heterocycles. The maximum Gasteiger partial charge on any atom is 0.251 e. The van der Waals surface area contributed by atoms with E-state index in [1.54, 1.807) is 30.5 Å². The molecule has 1 saturated carbocycles. The lowest BCUT2D eigenvalue weighted by atomic mass is 9.92. The number of carbonyl (C=O) groups is 1. The molecule has 0 unspecified atom stereocenters. The Bertz CT molecular complexity index is 1320. The summed E-state index contributed by atoms with van der Waals surface area (Å²) >= 11 is 0. The average Bonchev–Trinajstić information content (AvgIpc) is 3.07. The number of aliphatic hydroxyl groups excluding tert-OH is 2. The van der Waals surface area contributed by atoms with E-state index >= 15 is 0 Å². The van der Waals surface area contributed by atoms with Crippen LogP contribution in [-0.4, -0.2) is 52.4 Å². The SMILES string of the molecule is CC1=CC=C(O)CC=C1COc1cc2c(cc1F)C[C@@H]([C@H](O)CNC(=O)c1ccnc(NC3CCC3)c1)NC2. The number of carbonyl (C=O) groups excluding carboxylic acids is 1. The summed E-state index contributed by atoms with van der Waals surface area (Å²) in [7, 11) is 0. The molecule has 2 atom stereocenters. The lowest BCUT2D eigenvalue weighted by Gasteiger charge is -2.30. The second kappa shape index (κ2) is 12.0. The van der Waals surface area contributed by atoms with Crippen molar-refractivity contribution in [3.05, 3.63) is 88.1 Å². The van der Waals surface area contributed by atoms with Crippen LogP contribution < -0.4 is 20.7 Å². The van der Waals surface area contributed by atoms with Gasteiger partial charge in [-0.05, 0) is 85.2 Å². The van der Waals surface area contributed by atoms with E-state index < -0.39 is 11.9 Å². The maximum absolute atomic E-state index is 14.9. The first kappa shape index (κ1) is 26.9. The predicted molar refractivity (Wildman–Crippen MR) is 147 cm³/mol. The number of nitrogens with one attached hydrogen (secondary N) is 3. The summed E-state index contributed by atoms with van der Waals surface area (Å²) in [5.41, 5.74) is 4.04. The Morgan fingerprint density at radius 2 is 2.10 bits per heavy atom. The first-order valence-corrected chi connectivity index (χ1v) is 13.5. The van der Waals surface area contributed by atoms with Gasteiger partial charge in [-0.25, -0.2) is 9.37 Å². The fraction of sp³-hybridized carbons (Fsp3) is 0.400. The Hall–Kier alpha value is -3.69. The largest absolute Gasteiger partial charge is 0.512 e. The number of pyridine rings is 1. The van der Waals surface area contributed by atoms with Crippen molar-refractivity contribution in [2.45, 2.75) is 63.8 Å². The second-order valence-corrected chi connectivity index (χ2v) is 10.5. The van der Waals surface area contributed by atoms with Crippen LogP contribution in [0.4, 0.5) is 10.2 Å². The number of hydrogen-bond acceptors (Lipinski definition) is 7. The lowest BCUT2D eigenvalue weighted by molar-refractivity contribution is 0.0869. The monoisotopic (exact) mass is 534 g/mol. The third kappa shape index (κ3) is 6.66. The van der Waals surface area contributed by atoms with Gasteiger partial charge in [-0.15, -0.1) is 0 Å². The molecule has 5 rings (SSSR count). The molecule has 1 aliphatic heterocycles. The minimum atomic E-state index is -0.850. The van der Waals surface area contributed by atoms with E-state index in [-0.39, 0.29) is 36.6 Å². The smallest absolute Gasteiger partial charge is 0.251 e. The molecule has 2 aliphatic carbocycles. The van der Waals surface area contributed by atoms with E-state index in [9.17, 15) is 19.4 Å².